The van der Waals surface area contributed by atoms with Crippen LogP contribution >= 0.6 is 0 Å². The molecule has 1 aliphatic carbocycles. The number of sulfonamides is 1. The van der Waals surface area contributed by atoms with Gasteiger partial charge in [-0.15, -0.1) is 0 Å². The first-order valence-corrected chi connectivity index (χ1v) is 14.2. The molecule has 0 atom stereocenters. The molecule has 2 aliphatic rings. The minimum Gasteiger partial charge on any atom is -0.494 e. The predicted molar refractivity (Wildman–Crippen MR) is 147 cm³/mol. The largest absolute Gasteiger partial charge is 0.494 e. The van der Waals surface area contributed by atoms with Crippen LogP contribution in [-0.4, -0.2) is 62.1 Å². The second-order valence-electron chi connectivity index (χ2n) is 9.64. The molecule has 9 nitrogen and oxygen atoms in total. The van der Waals surface area contributed by atoms with E-state index < -0.39 is 10.0 Å². The Labute approximate surface area is 221 Å². The lowest BCUT2D eigenvalue weighted by molar-refractivity contribution is 0.122. The van der Waals surface area contributed by atoms with E-state index >= 15 is 0 Å². The Morgan fingerprint density at radius 2 is 1.89 bits per heavy atom. The molecule has 0 spiro atoms. The lowest BCUT2D eigenvalue weighted by atomic mass is 10.0. The van der Waals surface area contributed by atoms with Crippen LogP contribution in [0.4, 0.5) is 11.4 Å². The van der Waals surface area contributed by atoms with Gasteiger partial charge in [-0.2, -0.15) is 0 Å². The highest BCUT2D eigenvalue weighted by molar-refractivity contribution is 7.89. The molecule has 3 N–H and O–H groups in total. The third-order valence-corrected chi connectivity index (χ3v) is 8.35. The fraction of sp³-hybridized carbons (Fsp3) is 0.286. The maximum Gasteiger partial charge on any atom is 0.240 e. The number of aliphatic imine (C=N–C) groups is 1. The number of ether oxygens (including phenoxy) is 1. The first kappa shape index (κ1) is 24.6. The van der Waals surface area contributed by atoms with Gasteiger partial charge in [-0.05, 0) is 73.4 Å². The normalized spacial score (nSPS) is 16.7. The van der Waals surface area contributed by atoms with Crippen molar-refractivity contribution in [3.8, 4) is 5.88 Å². The van der Waals surface area contributed by atoms with E-state index in [0.29, 0.717) is 59.2 Å². The molecular weight excluding hydrogens is 502 g/mol. The Morgan fingerprint density at radius 1 is 1.11 bits per heavy atom. The molecule has 0 bridgehead atoms. The molecule has 1 saturated carbocycles. The number of hydrogen-bond donors (Lipinski definition) is 3. The average molecular weight is 532 g/mol. The summed E-state index contributed by atoms with van der Waals surface area (Å²) in [6.07, 6.45) is 3.76. The third kappa shape index (κ3) is 5.15. The Morgan fingerprint density at radius 3 is 2.61 bits per heavy atom. The van der Waals surface area contributed by atoms with E-state index in [0.717, 1.165) is 31.6 Å². The number of hydrogen-bond acceptors (Lipinski definition) is 7. The first-order chi connectivity index (χ1) is 18.5. The quantitative estimate of drug-likeness (QED) is 0.296. The molecule has 3 heterocycles. The third-order valence-electron chi connectivity index (χ3n) is 6.93. The summed E-state index contributed by atoms with van der Waals surface area (Å²) in [5.41, 5.74) is 3.77. The highest BCUT2D eigenvalue weighted by Gasteiger charge is 2.26. The summed E-state index contributed by atoms with van der Waals surface area (Å²) in [5.74, 6) is 0.313. The van der Waals surface area contributed by atoms with E-state index in [4.69, 9.17) is 9.73 Å². The number of aromatic hydroxyl groups is 1. The lowest BCUT2D eigenvalue weighted by Gasteiger charge is -2.28. The summed E-state index contributed by atoms with van der Waals surface area (Å²) < 4.78 is 34.1. The Balaban J connectivity index is 1.42. The average Bonchev–Trinajstić information content (AvgIpc) is 3.73. The van der Waals surface area contributed by atoms with Crippen molar-refractivity contribution < 1.29 is 18.3 Å². The number of benzene rings is 2. The molecule has 2 aromatic carbocycles. The summed E-state index contributed by atoms with van der Waals surface area (Å²) in [7, 11) is -3.69. The van der Waals surface area contributed by atoms with Crippen molar-refractivity contribution >= 4 is 38.0 Å². The van der Waals surface area contributed by atoms with Crippen molar-refractivity contribution in [3.05, 3.63) is 78.1 Å². The Hall–Kier alpha value is -3.73. The number of morpholine rings is 1. The fourth-order valence-corrected chi connectivity index (χ4v) is 5.77. The highest BCUT2D eigenvalue weighted by Crippen LogP contribution is 2.33. The molecule has 1 saturated heterocycles. The molecule has 6 rings (SSSR count). The van der Waals surface area contributed by atoms with Gasteiger partial charge >= 0.3 is 0 Å². The second kappa shape index (κ2) is 10.2. The number of aromatic amines is 1. The van der Waals surface area contributed by atoms with Gasteiger partial charge in [0.25, 0.3) is 0 Å². The molecule has 4 aromatic rings. The van der Waals surface area contributed by atoms with Crippen molar-refractivity contribution in [2.75, 3.05) is 37.7 Å². The van der Waals surface area contributed by atoms with Gasteiger partial charge in [0, 0.05) is 42.4 Å². The van der Waals surface area contributed by atoms with E-state index in [-0.39, 0.29) is 10.8 Å². The zero-order chi connectivity index (χ0) is 26.1. The van der Waals surface area contributed by atoms with Crippen LogP contribution in [0.5, 0.6) is 5.88 Å². The summed E-state index contributed by atoms with van der Waals surface area (Å²) in [4.78, 5) is 14.8. The number of nitrogens with zero attached hydrogens (tertiary/aromatic N) is 3. The maximum atomic E-state index is 13.0. The molecule has 196 valence electrons. The van der Waals surface area contributed by atoms with Crippen molar-refractivity contribution in [1.82, 2.24) is 14.7 Å². The van der Waals surface area contributed by atoms with Crippen LogP contribution in [0.2, 0.25) is 0 Å². The standard InChI is InChI=1S/C28H29N5O4S/c34-28-26(23-17-22(10-11-24(23)32-28)38(35,36)30-18-19-4-5-19)27(25-3-1-2-12-29-25)31-20-6-8-21(9-7-20)33-13-15-37-16-14-33/h1-3,6-12,17,19,30,32,34H,4-5,13-16,18H2. The van der Waals surface area contributed by atoms with Crippen molar-refractivity contribution in [1.29, 1.82) is 0 Å². The summed E-state index contributed by atoms with van der Waals surface area (Å²) in [6.45, 7) is 3.53. The smallest absolute Gasteiger partial charge is 0.240 e. The van der Waals surface area contributed by atoms with E-state index in [1.165, 1.54) is 0 Å². The number of anilines is 1. The SMILES string of the molecule is O=S(=O)(NCC1CC1)c1ccc2[nH]c(O)c(C(=Nc3ccc(N4CCOCC4)cc3)c3ccccn3)c2c1. The van der Waals surface area contributed by atoms with Gasteiger partial charge in [0.1, 0.15) is 5.71 Å². The maximum absolute atomic E-state index is 13.0. The molecule has 10 heteroatoms. The number of rotatable bonds is 8. The highest BCUT2D eigenvalue weighted by atomic mass is 32.2. The van der Waals surface area contributed by atoms with E-state index in [1.807, 2.05) is 42.5 Å². The van der Waals surface area contributed by atoms with Crippen molar-refractivity contribution in [2.24, 2.45) is 10.9 Å². The van der Waals surface area contributed by atoms with Crippen LogP contribution in [0.15, 0.2) is 76.7 Å². The number of H-pyrrole nitrogens is 1. The van der Waals surface area contributed by atoms with Gasteiger partial charge in [0.15, 0.2) is 5.88 Å². The van der Waals surface area contributed by atoms with Crippen LogP contribution in [0.3, 0.4) is 0 Å². The Kier molecular flexibility index (Phi) is 6.61. The lowest BCUT2D eigenvalue weighted by Crippen LogP contribution is -2.36. The van der Waals surface area contributed by atoms with Crippen LogP contribution < -0.4 is 9.62 Å². The minimum absolute atomic E-state index is 0.102. The number of aromatic nitrogens is 2. The van der Waals surface area contributed by atoms with Gasteiger partial charge in [-0.1, -0.05) is 6.07 Å². The van der Waals surface area contributed by atoms with Crippen LogP contribution in [-0.2, 0) is 14.8 Å². The van der Waals surface area contributed by atoms with E-state index in [1.54, 1.807) is 24.4 Å². The molecule has 0 amide bonds. The minimum atomic E-state index is -3.69. The molecule has 2 aromatic heterocycles. The van der Waals surface area contributed by atoms with Gasteiger partial charge < -0.3 is 19.7 Å². The van der Waals surface area contributed by atoms with Crippen LogP contribution in [0.25, 0.3) is 10.9 Å². The predicted octanol–water partition coefficient (Wildman–Crippen LogP) is 3.96. The summed E-state index contributed by atoms with van der Waals surface area (Å²) >= 11 is 0. The molecular formula is C28H29N5O4S. The molecule has 1 aliphatic heterocycles. The van der Waals surface area contributed by atoms with Crippen LogP contribution in [0, 0.1) is 5.92 Å². The monoisotopic (exact) mass is 531 g/mol. The summed E-state index contributed by atoms with van der Waals surface area (Å²) in [5, 5.41) is 11.5. The van der Waals surface area contributed by atoms with Gasteiger partial charge in [-0.3, -0.25) is 4.98 Å². The zero-order valence-electron chi connectivity index (χ0n) is 20.8. The van der Waals surface area contributed by atoms with Gasteiger partial charge in [0.2, 0.25) is 10.0 Å². The molecule has 2 fully saturated rings. The van der Waals surface area contributed by atoms with E-state index in [9.17, 15) is 13.5 Å². The fourth-order valence-electron chi connectivity index (χ4n) is 4.63. The number of pyridine rings is 1. The molecule has 38 heavy (non-hydrogen) atoms. The first-order valence-electron chi connectivity index (χ1n) is 12.8. The number of fused-ring (bicyclic) bond motifs is 1. The molecule has 0 unspecified atom stereocenters. The van der Waals surface area contributed by atoms with Gasteiger partial charge in [-0.25, -0.2) is 18.1 Å². The topological polar surface area (TPSA) is 120 Å². The number of nitrogens with one attached hydrogen (secondary N) is 2. The Bertz CT molecular complexity index is 1570. The summed E-state index contributed by atoms with van der Waals surface area (Å²) in [6, 6.07) is 18.2. The second-order valence-corrected chi connectivity index (χ2v) is 11.4. The van der Waals surface area contributed by atoms with Crippen molar-refractivity contribution in [3.63, 3.8) is 0 Å². The van der Waals surface area contributed by atoms with Gasteiger partial charge in [0.05, 0.1) is 35.1 Å². The molecule has 0 radical (unpaired) electrons. The van der Waals surface area contributed by atoms with Crippen LogP contribution in [0.1, 0.15) is 24.1 Å². The van der Waals surface area contributed by atoms with Crippen molar-refractivity contribution in [2.45, 2.75) is 17.7 Å². The zero-order valence-corrected chi connectivity index (χ0v) is 21.6. The van der Waals surface area contributed by atoms with E-state index in [2.05, 4.69) is 19.6 Å².